The van der Waals surface area contributed by atoms with Gasteiger partial charge in [0.25, 0.3) is 0 Å². The molecule has 0 atom stereocenters. The molecule has 0 amide bonds. The highest BCUT2D eigenvalue weighted by molar-refractivity contribution is 8.18. The molecule has 1 fully saturated rings. The third kappa shape index (κ3) is 2.61. The van der Waals surface area contributed by atoms with E-state index in [4.69, 9.17) is 0 Å². The van der Waals surface area contributed by atoms with Crippen molar-refractivity contribution in [3.63, 3.8) is 0 Å². The summed E-state index contributed by atoms with van der Waals surface area (Å²) >= 11 is 3.94. The van der Waals surface area contributed by atoms with Crippen molar-refractivity contribution in [1.29, 1.82) is 0 Å². The van der Waals surface area contributed by atoms with Gasteiger partial charge in [0.05, 0.1) is 4.08 Å². The van der Waals surface area contributed by atoms with Gasteiger partial charge >= 0.3 is 0 Å². The molecule has 0 aromatic carbocycles. The average molecular weight is 253 g/mol. The Hall–Kier alpha value is -0.480. The molecule has 4 heteroatoms. The van der Waals surface area contributed by atoms with Crippen molar-refractivity contribution >= 4 is 29.8 Å². The van der Waals surface area contributed by atoms with Gasteiger partial charge in [-0.3, -0.25) is 4.98 Å². The van der Waals surface area contributed by atoms with Crippen LogP contribution in [0.15, 0.2) is 24.5 Å². The second kappa shape index (κ2) is 5.73. The predicted molar refractivity (Wildman–Crippen MR) is 70.7 cm³/mol. The highest BCUT2D eigenvalue weighted by Crippen LogP contribution is 2.52. The van der Waals surface area contributed by atoms with E-state index in [2.05, 4.69) is 11.1 Å². The lowest BCUT2D eigenvalue weighted by Gasteiger charge is -2.36. The molecular weight excluding hydrogens is 238 g/mol. The first-order valence-electron chi connectivity index (χ1n) is 5.49. The maximum absolute atomic E-state index is 10.6. The van der Waals surface area contributed by atoms with E-state index in [1.807, 2.05) is 35.8 Å². The maximum atomic E-state index is 10.6. The van der Waals surface area contributed by atoms with E-state index >= 15 is 0 Å². The smallest absolute Gasteiger partial charge is 0.120 e. The van der Waals surface area contributed by atoms with Gasteiger partial charge in [-0.15, -0.1) is 23.5 Å². The van der Waals surface area contributed by atoms with Crippen molar-refractivity contribution < 1.29 is 4.79 Å². The van der Waals surface area contributed by atoms with Crippen LogP contribution in [0.5, 0.6) is 0 Å². The van der Waals surface area contributed by atoms with Gasteiger partial charge in [0, 0.05) is 18.8 Å². The third-order valence-corrected chi connectivity index (χ3v) is 6.16. The number of carbonyl (C=O) groups excluding carboxylic acids is 1. The van der Waals surface area contributed by atoms with Gasteiger partial charge in [0.15, 0.2) is 0 Å². The third-order valence-electron chi connectivity index (χ3n) is 2.65. The van der Waals surface area contributed by atoms with Crippen LogP contribution in [0.3, 0.4) is 0 Å². The first kappa shape index (κ1) is 12.0. The van der Waals surface area contributed by atoms with E-state index in [9.17, 15) is 4.79 Å². The van der Waals surface area contributed by atoms with Gasteiger partial charge in [-0.25, -0.2) is 0 Å². The fourth-order valence-electron chi connectivity index (χ4n) is 1.87. The van der Waals surface area contributed by atoms with Crippen LogP contribution >= 0.6 is 23.5 Å². The van der Waals surface area contributed by atoms with Crippen molar-refractivity contribution in [2.24, 2.45) is 0 Å². The molecule has 1 aliphatic rings. The number of rotatable bonds is 4. The summed E-state index contributed by atoms with van der Waals surface area (Å²) < 4.78 is 0.0629. The number of aldehydes is 1. The Balaban J connectivity index is 2.22. The normalized spacial score (nSPS) is 19.2. The summed E-state index contributed by atoms with van der Waals surface area (Å²) in [6, 6.07) is 4.11. The van der Waals surface area contributed by atoms with E-state index < -0.39 is 0 Å². The van der Waals surface area contributed by atoms with Gasteiger partial charge in [-0.1, -0.05) is 6.07 Å². The molecule has 0 N–H and O–H groups in total. The Morgan fingerprint density at radius 2 is 2.25 bits per heavy atom. The number of thioether (sulfide) groups is 2. The van der Waals surface area contributed by atoms with Crippen LogP contribution in [0.1, 0.15) is 24.8 Å². The monoisotopic (exact) mass is 253 g/mol. The molecule has 0 bridgehead atoms. The van der Waals surface area contributed by atoms with Gasteiger partial charge < -0.3 is 4.79 Å². The van der Waals surface area contributed by atoms with Crippen molar-refractivity contribution in [1.82, 2.24) is 4.98 Å². The second-order valence-electron chi connectivity index (χ2n) is 3.75. The minimum Gasteiger partial charge on any atom is -0.303 e. The summed E-state index contributed by atoms with van der Waals surface area (Å²) in [4.78, 5) is 14.8. The van der Waals surface area contributed by atoms with E-state index in [1.54, 1.807) is 6.20 Å². The van der Waals surface area contributed by atoms with Gasteiger partial charge in [0.1, 0.15) is 6.29 Å². The number of aromatic nitrogens is 1. The largest absolute Gasteiger partial charge is 0.303 e. The average Bonchev–Trinajstić information content (AvgIpc) is 2.38. The summed E-state index contributed by atoms with van der Waals surface area (Å²) in [5.41, 5.74) is 1.26. The van der Waals surface area contributed by atoms with E-state index in [1.165, 1.54) is 23.5 Å². The summed E-state index contributed by atoms with van der Waals surface area (Å²) in [6.45, 7) is 0. The Morgan fingerprint density at radius 1 is 1.44 bits per heavy atom. The van der Waals surface area contributed by atoms with Gasteiger partial charge in [-0.2, -0.15) is 0 Å². The van der Waals surface area contributed by atoms with Crippen LogP contribution in [0.4, 0.5) is 0 Å². The molecule has 0 saturated carbocycles. The summed E-state index contributed by atoms with van der Waals surface area (Å²) in [7, 11) is 0. The summed E-state index contributed by atoms with van der Waals surface area (Å²) in [5.74, 6) is 2.36. The Labute approximate surface area is 105 Å². The Kier molecular flexibility index (Phi) is 4.29. The molecule has 2 heterocycles. The molecule has 0 spiro atoms. The van der Waals surface area contributed by atoms with Crippen LogP contribution in [-0.2, 0) is 8.87 Å². The molecule has 86 valence electrons. The molecule has 1 aliphatic heterocycles. The SMILES string of the molecule is O=CCCC1(c2cccnc2)SCCCS1. The van der Waals surface area contributed by atoms with Crippen LogP contribution in [0, 0.1) is 0 Å². The predicted octanol–water partition coefficient (Wildman–Crippen LogP) is 3.08. The van der Waals surface area contributed by atoms with Gasteiger partial charge in [-0.05, 0) is 36.0 Å². The minimum atomic E-state index is 0.0629. The quantitative estimate of drug-likeness (QED) is 0.771. The molecule has 0 aliphatic carbocycles. The summed E-state index contributed by atoms with van der Waals surface area (Å²) in [6.07, 6.45) is 7.57. The minimum absolute atomic E-state index is 0.0629. The molecular formula is C12H15NOS2. The van der Waals surface area contributed by atoms with Crippen LogP contribution in [-0.4, -0.2) is 22.8 Å². The number of hydrogen-bond donors (Lipinski definition) is 0. The zero-order valence-corrected chi connectivity index (χ0v) is 10.7. The lowest BCUT2D eigenvalue weighted by atomic mass is 10.1. The molecule has 1 aromatic heterocycles. The topological polar surface area (TPSA) is 30.0 Å². The zero-order valence-electron chi connectivity index (χ0n) is 9.09. The number of hydrogen-bond acceptors (Lipinski definition) is 4. The molecule has 1 saturated heterocycles. The van der Waals surface area contributed by atoms with Crippen molar-refractivity contribution in [3.05, 3.63) is 30.1 Å². The van der Waals surface area contributed by atoms with Crippen molar-refractivity contribution in [3.8, 4) is 0 Å². The molecule has 1 aromatic rings. The molecule has 2 nitrogen and oxygen atoms in total. The number of pyridine rings is 1. The maximum Gasteiger partial charge on any atom is 0.120 e. The van der Waals surface area contributed by atoms with E-state index in [0.29, 0.717) is 6.42 Å². The Bertz CT molecular complexity index is 336. The van der Waals surface area contributed by atoms with E-state index in [0.717, 1.165) is 12.7 Å². The fourth-order valence-corrected chi connectivity index (χ4v) is 5.22. The van der Waals surface area contributed by atoms with Crippen molar-refractivity contribution in [2.75, 3.05) is 11.5 Å². The Morgan fingerprint density at radius 3 is 2.88 bits per heavy atom. The van der Waals surface area contributed by atoms with Crippen LogP contribution in [0.2, 0.25) is 0 Å². The molecule has 2 rings (SSSR count). The highest BCUT2D eigenvalue weighted by atomic mass is 32.2. The highest BCUT2D eigenvalue weighted by Gasteiger charge is 2.35. The lowest BCUT2D eigenvalue weighted by molar-refractivity contribution is -0.107. The van der Waals surface area contributed by atoms with Crippen LogP contribution < -0.4 is 0 Å². The molecule has 0 unspecified atom stereocenters. The fraction of sp³-hybridized carbons (Fsp3) is 0.500. The number of nitrogens with zero attached hydrogens (tertiary/aromatic N) is 1. The van der Waals surface area contributed by atoms with Crippen LogP contribution in [0.25, 0.3) is 0 Å². The standard InChI is InChI=1S/C12H15NOS2/c14-7-2-5-12(15-8-3-9-16-12)11-4-1-6-13-10-11/h1,4,6-7,10H,2-3,5,8-9H2. The zero-order chi connectivity index (χ0) is 11.3. The second-order valence-corrected chi connectivity index (χ2v) is 6.80. The summed E-state index contributed by atoms with van der Waals surface area (Å²) in [5, 5.41) is 0. The lowest BCUT2D eigenvalue weighted by Crippen LogP contribution is -2.23. The van der Waals surface area contributed by atoms with Crippen molar-refractivity contribution in [2.45, 2.75) is 23.3 Å². The molecule has 16 heavy (non-hydrogen) atoms. The number of carbonyl (C=O) groups is 1. The molecule has 0 radical (unpaired) electrons. The van der Waals surface area contributed by atoms with Gasteiger partial charge in [0.2, 0.25) is 0 Å². The first-order valence-corrected chi connectivity index (χ1v) is 7.46. The first-order chi connectivity index (χ1) is 7.87. The van der Waals surface area contributed by atoms with E-state index in [-0.39, 0.29) is 4.08 Å².